The van der Waals surface area contributed by atoms with Crippen LogP contribution in [0.15, 0.2) is 33.6 Å². The van der Waals surface area contributed by atoms with Gasteiger partial charge in [0, 0.05) is 22.6 Å². The summed E-state index contributed by atoms with van der Waals surface area (Å²) in [6.45, 7) is 4.18. The molecule has 0 amide bonds. The molecule has 2 aromatic rings. The number of aromatic amines is 2. The maximum Gasteiger partial charge on any atom is 0.258 e. The highest BCUT2D eigenvalue weighted by Crippen LogP contribution is 2.48. The third-order valence-corrected chi connectivity index (χ3v) is 5.72. The number of Topliss-reactive ketones (excluding diaryl/α,β-unsaturated/α-hetero) is 1. The Bertz CT molecular complexity index is 980. The van der Waals surface area contributed by atoms with Gasteiger partial charge in [-0.15, -0.1) is 11.3 Å². The number of nitrogens with one attached hydrogen (secondary N) is 3. The Kier molecular flexibility index (Phi) is 3.40. The lowest BCUT2D eigenvalue weighted by Crippen LogP contribution is -2.36. The number of thiophene rings is 1. The largest absolute Gasteiger partial charge is 0.344 e. The molecule has 0 radical (unpaired) electrons. The van der Waals surface area contributed by atoms with E-state index in [-0.39, 0.29) is 27.4 Å². The van der Waals surface area contributed by atoms with Gasteiger partial charge in [-0.1, -0.05) is 19.9 Å². The quantitative estimate of drug-likeness (QED) is 0.679. The minimum absolute atomic E-state index is 0.0988. The Morgan fingerprint density at radius 1 is 1.25 bits per heavy atom. The monoisotopic (exact) mass is 359 g/mol. The number of hydrogen-bond donors (Lipinski definition) is 3. The molecule has 0 bridgehead atoms. The van der Waals surface area contributed by atoms with Crippen molar-refractivity contribution >= 4 is 35.2 Å². The zero-order chi connectivity index (χ0) is 17.1. The normalized spacial score (nSPS) is 21.9. The Hall–Kier alpha value is -1.99. The summed E-state index contributed by atoms with van der Waals surface area (Å²) in [5.74, 6) is 0.376. The second-order valence-electron chi connectivity index (χ2n) is 7.10. The van der Waals surface area contributed by atoms with E-state index in [9.17, 15) is 9.59 Å². The fourth-order valence-corrected chi connectivity index (χ4v) is 4.72. The molecule has 124 valence electrons. The van der Waals surface area contributed by atoms with E-state index in [1.54, 1.807) is 11.3 Å². The van der Waals surface area contributed by atoms with Gasteiger partial charge in [0.2, 0.25) is 0 Å². The molecule has 3 N–H and O–H groups in total. The van der Waals surface area contributed by atoms with E-state index in [2.05, 4.69) is 29.1 Å². The van der Waals surface area contributed by atoms with Gasteiger partial charge >= 0.3 is 0 Å². The lowest BCUT2D eigenvalue weighted by Gasteiger charge is -2.38. The zero-order valence-corrected chi connectivity index (χ0v) is 15.0. The van der Waals surface area contributed by atoms with Crippen LogP contribution in [0.4, 0.5) is 5.82 Å². The van der Waals surface area contributed by atoms with Crippen molar-refractivity contribution in [2.75, 3.05) is 5.32 Å². The summed E-state index contributed by atoms with van der Waals surface area (Å²) in [5.41, 5.74) is 1.82. The summed E-state index contributed by atoms with van der Waals surface area (Å²) in [6, 6.07) is 3.92. The van der Waals surface area contributed by atoms with Gasteiger partial charge in [0.15, 0.2) is 10.6 Å². The Morgan fingerprint density at radius 2 is 2.04 bits per heavy atom. The number of ketones is 1. The van der Waals surface area contributed by atoms with Crippen molar-refractivity contribution in [1.82, 2.24) is 9.97 Å². The fourth-order valence-electron chi connectivity index (χ4n) is 3.69. The number of hydrogen-bond acceptors (Lipinski definition) is 5. The summed E-state index contributed by atoms with van der Waals surface area (Å²) < 4.78 is 0.279. The van der Waals surface area contributed by atoms with Gasteiger partial charge in [-0.2, -0.15) is 0 Å². The maximum atomic E-state index is 12.9. The number of anilines is 1. The molecule has 2 aromatic heterocycles. The number of rotatable bonds is 1. The van der Waals surface area contributed by atoms with Crippen molar-refractivity contribution in [3.8, 4) is 0 Å². The molecule has 0 saturated carbocycles. The minimum Gasteiger partial charge on any atom is -0.344 e. The van der Waals surface area contributed by atoms with E-state index in [0.29, 0.717) is 17.8 Å². The molecule has 0 aromatic carbocycles. The van der Waals surface area contributed by atoms with Crippen LogP contribution in [-0.4, -0.2) is 15.8 Å². The van der Waals surface area contributed by atoms with Crippen LogP contribution in [0.3, 0.4) is 0 Å². The molecule has 0 unspecified atom stereocenters. The number of carbonyl (C=O) groups is 1. The molecule has 7 heteroatoms. The molecule has 0 saturated heterocycles. The van der Waals surface area contributed by atoms with Crippen LogP contribution in [0.2, 0.25) is 0 Å². The van der Waals surface area contributed by atoms with Crippen molar-refractivity contribution in [3.63, 3.8) is 0 Å². The molecule has 1 aliphatic heterocycles. The Morgan fingerprint density at radius 3 is 2.75 bits per heavy atom. The van der Waals surface area contributed by atoms with Crippen molar-refractivity contribution in [1.29, 1.82) is 0 Å². The van der Waals surface area contributed by atoms with Gasteiger partial charge in [0.05, 0.1) is 11.5 Å². The molecule has 0 fully saturated rings. The predicted octanol–water partition coefficient (Wildman–Crippen LogP) is 3.69. The minimum atomic E-state index is -0.338. The predicted molar refractivity (Wildman–Crippen MR) is 97.1 cm³/mol. The van der Waals surface area contributed by atoms with Crippen LogP contribution in [-0.2, 0) is 4.79 Å². The van der Waals surface area contributed by atoms with Crippen LogP contribution < -0.4 is 10.9 Å². The molecule has 1 atom stereocenters. The number of aromatic nitrogens is 2. The zero-order valence-electron chi connectivity index (χ0n) is 13.4. The molecule has 1 aliphatic carbocycles. The van der Waals surface area contributed by atoms with Gasteiger partial charge in [-0.3, -0.25) is 14.6 Å². The number of fused-ring (bicyclic) bond motifs is 1. The van der Waals surface area contributed by atoms with Crippen molar-refractivity contribution in [2.24, 2.45) is 5.41 Å². The topological polar surface area (TPSA) is 77.8 Å². The second-order valence-corrected chi connectivity index (χ2v) is 8.49. The average Bonchev–Trinajstić information content (AvgIpc) is 2.96. The number of H-pyrrole nitrogens is 2. The van der Waals surface area contributed by atoms with Crippen LogP contribution >= 0.6 is 23.6 Å². The van der Waals surface area contributed by atoms with E-state index < -0.39 is 0 Å². The van der Waals surface area contributed by atoms with Crippen LogP contribution in [0.1, 0.15) is 43.0 Å². The van der Waals surface area contributed by atoms with E-state index in [1.165, 1.54) is 0 Å². The summed E-state index contributed by atoms with van der Waals surface area (Å²) >= 11 is 6.66. The Balaban J connectivity index is 2.01. The van der Waals surface area contributed by atoms with Crippen molar-refractivity contribution in [2.45, 2.75) is 32.6 Å². The second kappa shape index (κ2) is 5.26. The van der Waals surface area contributed by atoms with Gasteiger partial charge < -0.3 is 10.3 Å². The smallest absolute Gasteiger partial charge is 0.258 e. The molecule has 2 aliphatic rings. The van der Waals surface area contributed by atoms with Gasteiger partial charge in [0.25, 0.3) is 5.56 Å². The maximum absolute atomic E-state index is 12.9. The third kappa shape index (κ3) is 2.39. The standard InChI is InChI=1S/C17H17N3O2S2/c1-17(2)6-8-11(9(21)7-17)12(10-4-3-5-24-10)13-14(18-8)19-16(23)20-15(13)22/h3-5,12H,6-7H2,1-2H3,(H3,18,19,20,22,23)/t12-/m1/s1. The first-order valence-electron chi connectivity index (χ1n) is 7.79. The SMILES string of the molecule is CC1(C)CC(=O)C2=C(C1)Nc1[nH]c(=S)[nH]c(=O)c1[C@@H]2c1cccs1. The van der Waals surface area contributed by atoms with E-state index >= 15 is 0 Å². The number of allylic oxidation sites excluding steroid dienone is 2. The number of carbonyl (C=O) groups excluding carboxylic acids is 1. The van der Waals surface area contributed by atoms with Gasteiger partial charge in [0.1, 0.15) is 5.82 Å². The summed E-state index contributed by atoms with van der Waals surface area (Å²) in [6.07, 6.45) is 1.26. The summed E-state index contributed by atoms with van der Waals surface area (Å²) in [4.78, 5) is 32.2. The molecule has 0 spiro atoms. The highest BCUT2D eigenvalue weighted by atomic mass is 32.1. The average molecular weight is 359 g/mol. The van der Waals surface area contributed by atoms with Gasteiger partial charge in [-0.05, 0) is 35.5 Å². The molecule has 4 rings (SSSR count). The van der Waals surface area contributed by atoms with Crippen molar-refractivity contribution < 1.29 is 4.79 Å². The van der Waals surface area contributed by atoms with Crippen LogP contribution in [0.25, 0.3) is 0 Å². The highest BCUT2D eigenvalue weighted by molar-refractivity contribution is 7.71. The first-order valence-corrected chi connectivity index (χ1v) is 9.08. The van der Waals surface area contributed by atoms with Crippen LogP contribution in [0.5, 0.6) is 0 Å². The van der Waals surface area contributed by atoms with Crippen LogP contribution in [0, 0.1) is 10.2 Å². The first-order chi connectivity index (χ1) is 11.4. The lowest BCUT2D eigenvalue weighted by atomic mass is 9.70. The van der Waals surface area contributed by atoms with E-state index in [4.69, 9.17) is 12.2 Å². The summed E-state index contributed by atoms with van der Waals surface area (Å²) in [5, 5.41) is 5.25. The highest BCUT2D eigenvalue weighted by Gasteiger charge is 2.42. The summed E-state index contributed by atoms with van der Waals surface area (Å²) in [7, 11) is 0. The molecule has 24 heavy (non-hydrogen) atoms. The molecular formula is C17H17N3O2S2. The molecule has 5 nitrogen and oxygen atoms in total. The molecule has 3 heterocycles. The molecular weight excluding hydrogens is 342 g/mol. The van der Waals surface area contributed by atoms with E-state index in [0.717, 1.165) is 22.6 Å². The third-order valence-electron chi connectivity index (χ3n) is 4.58. The first kappa shape index (κ1) is 15.5. The lowest BCUT2D eigenvalue weighted by molar-refractivity contribution is -0.118. The Labute approximate surface area is 147 Å². The van der Waals surface area contributed by atoms with Gasteiger partial charge in [-0.25, -0.2) is 0 Å². The van der Waals surface area contributed by atoms with Crippen molar-refractivity contribution in [3.05, 3.63) is 54.3 Å². The fraction of sp³-hybridized carbons (Fsp3) is 0.353. The van der Waals surface area contributed by atoms with E-state index in [1.807, 2.05) is 17.5 Å².